The number of sulfonamides is 1. The highest BCUT2D eigenvalue weighted by Gasteiger charge is 2.49. The molecule has 4 nitrogen and oxygen atoms in total. The molecule has 1 N–H and O–H groups in total. The van der Waals surface area contributed by atoms with Crippen LogP contribution in [0.15, 0.2) is 40.6 Å². The third-order valence-corrected chi connectivity index (χ3v) is 8.10. The smallest absolute Gasteiger partial charge is 0.315 e. The van der Waals surface area contributed by atoms with Crippen LogP contribution in [0, 0.1) is 5.82 Å². The predicted octanol–water partition coefficient (Wildman–Crippen LogP) is 4.31. The van der Waals surface area contributed by atoms with Gasteiger partial charge in [-0.15, -0.1) is 23.7 Å². The minimum absolute atomic E-state index is 0. The third-order valence-electron chi connectivity index (χ3n) is 4.44. The minimum atomic E-state index is -4.85. The number of hydrogen-bond acceptors (Lipinski definition) is 4. The molecule has 1 aromatic carbocycles. The van der Waals surface area contributed by atoms with Crippen LogP contribution in [0.25, 0.3) is 0 Å². The van der Waals surface area contributed by atoms with Crippen molar-refractivity contribution in [3.8, 4) is 0 Å². The first-order valence-electron chi connectivity index (χ1n) is 8.29. The van der Waals surface area contributed by atoms with Crippen molar-refractivity contribution in [2.24, 2.45) is 0 Å². The molecule has 1 saturated heterocycles. The number of hydrogen-bond donors (Lipinski definition) is 1. The van der Waals surface area contributed by atoms with Crippen molar-refractivity contribution in [3.63, 3.8) is 0 Å². The highest BCUT2D eigenvalue weighted by Crippen LogP contribution is 2.42. The van der Waals surface area contributed by atoms with Gasteiger partial charge in [-0.25, -0.2) is 12.8 Å². The zero-order chi connectivity index (χ0) is 19.8. The molecule has 0 radical (unpaired) electrons. The first kappa shape index (κ1) is 23.1. The van der Waals surface area contributed by atoms with E-state index in [4.69, 9.17) is 0 Å². The van der Waals surface area contributed by atoms with Crippen LogP contribution in [-0.2, 0) is 10.0 Å². The molecular formula is C17H19ClF4N2O2S2. The molecule has 0 spiro atoms. The Morgan fingerprint density at radius 3 is 2.25 bits per heavy atom. The van der Waals surface area contributed by atoms with Crippen LogP contribution >= 0.6 is 23.7 Å². The summed E-state index contributed by atoms with van der Waals surface area (Å²) in [5.74, 6) is -0.507. The average Bonchev–Trinajstić information content (AvgIpc) is 3.01. The largest absolute Gasteiger partial charge is 0.409 e. The van der Waals surface area contributed by atoms with Crippen LogP contribution in [0.2, 0.25) is 0 Å². The third kappa shape index (κ3) is 4.51. The number of halogens is 5. The molecule has 11 heteroatoms. The molecule has 1 aliphatic rings. The van der Waals surface area contributed by atoms with Gasteiger partial charge in [0.1, 0.15) is 16.1 Å². The normalized spacial score (nSPS) is 16.5. The van der Waals surface area contributed by atoms with Crippen LogP contribution in [0.5, 0.6) is 0 Å². The second-order valence-corrected chi connectivity index (χ2v) is 9.45. The summed E-state index contributed by atoms with van der Waals surface area (Å²) in [6, 6.07) is 4.33. The maximum absolute atomic E-state index is 13.8. The summed E-state index contributed by atoms with van der Waals surface area (Å²) >= 11 is 0.996. The fourth-order valence-corrected chi connectivity index (χ4v) is 6.12. The predicted molar refractivity (Wildman–Crippen MR) is 102 cm³/mol. The van der Waals surface area contributed by atoms with E-state index in [1.54, 1.807) is 6.07 Å². The molecule has 2 heterocycles. The maximum Gasteiger partial charge on any atom is 0.409 e. The van der Waals surface area contributed by atoms with Gasteiger partial charge in [0.2, 0.25) is 0 Å². The Morgan fingerprint density at radius 2 is 1.79 bits per heavy atom. The molecule has 0 bridgehead atoms. The molecule has 2 aromatic rings. The summed E-state index contributed by atoms with van der Waals surface area (Å²) in [5.41, 5.74) is -0.325. The Balaban J connectivity index is 0.00000280. The lowest BCUT2D eigenvalue weighted by atomic mass is 10.0. The van der Waals surface area contributed by atoms with Gasteiger partial charge in [0.15, 0.2) is 0 Å². The van der Waals surface area contributed by atoms with Gasteiger partial charge in [-0.05, 0) is 29.8 Å². The molecule has 0 saturated carbocycles. The van der Waals surface area contributed by atoms with E-state index in [0.29, 0.717) is 4.31 Å². The second kappa shape index (κ2) is 8.66. The minimum Gasteiger partial charge on any atom is -0.315 e. The van der Waals surface area contributed by atoms with Crippen molar-refractivity contribution in [1.82, 2.24) is 9.62 Å². The lowest BCUT2D eigenvalue weighted by Gasteiger charge is -2.31. The standard InChI is InChI=1S/C17H18F4N2O2S2.ClH/c1-2-23(16(17(19,20)21)11-3-5-13(18)6-4-11)27(24,25)15-8-7-14(26-15)12-9-22-10-12;/h3-8,12,16,22H,2,9-10H2,1H3;1H. The maximum atomic E-state index is 13.8. The Labute approximate surface area is 171 Å². The van der Waals surface area contributed by atoms with Gasteiger partial charge in [0.05, 0.1) is 0 Å². The Hall–Kier alpha value is -1.20. The van der Waals surface area contributed by atoms with Crippen LogP contribution < -0.4 is 5.32 Å². The number of thiophene rings is 1. The fourth-order valence-electron chi connectivity index (χ4n) is 2.95. The van der Waals surface area contributed by atoms with Gasteiger partial charge >= 0.3 is 6.18 Å². The molecule has 1 aromatic heterocycles. The highest BCUT2D eigenvalue weighted by molar-refractivity contribution is 7.91. The Bertz CT molecular complexity index is 897. The zero-order valence-electron chi connectivity index (χ0n) is 14.7. The molecule has 1 fully saturated rings. The van der Waals surface area contributed by atoms with Crippen LogP contribution in [-0.4, -0.2) is 38.5 Å². The van der Waals surface area contributed by atoms with Gasteiger partial charge in [0, 0.05) is 30.4 Å². The molecule has 28 heavy (non-hydrogen) atoms. The lowest BCUT2D eigenvalue weighted by Crippen LogP contribution is -2.42. The topological polar surface area (TPSA) is 49.4 Å². The van der Waals surface area contributed by atoms with Crippen molar-refractivity contribution in [2.75, 3.05) is 19.6 Å². The van der Waals surface area contributed by atoms with Crippen LogP contribution in [0.4, 0.5) is 17.6 Å². The fraction of sp³-hybridized carbons (Fsp3) is 0.412. The summed E-state index contributed by atoms with van der Waals surface area (Å²) in [7, 11) is -4.37. The van der Waals surface area contributed by atoms with E-state index in [-0.39, 0.29) is 34.6 Å². The molecule has 0 amide bonds. The number of rotatable bonds is 6. The van der Waals surface area contributed by atoms with E-state index >= 15 is 0 Å². The van der Waals surface area contributed by atoms with Crippen LogP contribution in [0.1, 0.15) is 29.3 Å². The van der Waals surface area contributed by atoms with E-state index in [9.17, 15) is 26.0 Å². The first-order chi connectivity index (χ1) is 12.6. The van der Waals surface area contributed by atoms with Crippen molar-refractivity contribution in [3.05, 3.63) is 52.7 Å². The monoisotopic (exact) mass is 458 g/mol. The molecule has 1 atom stereocenters. The van der Waals surface area contributed by atoms with Gasteiger partial charge < -0.3 is 5.32 Å². The number of nitrogens with zero attached hydrogens (tertiary/aromatic N) is 1. The number of alkyl halides is 3. The van der Waals surface area contributed by atoms with Crippen molar-refractivity contribution in [1.29, 1.82) is 0 Å². The molecule has 3 rings (SSSR count). The summed E-state index contributed by atoms with van der Waals surface area (Å²) in [5, 5.41) is 3.07. The van der Waals surface area contributed by atoms with E-state index < -0.39 is 28.1 Å². The van der Waals surface area contributed by atoms with E-state index in [0.717, 1.165) is 53.6 Å². The molecule has 156 valence electrons. The molecule has 0 aliphatic carbocycles. The van der Waals surface area contributed by atoms with Gasteiger partial charge in [-0.3, -0.25) is 0 Å². The molecule has 1 aliphatic heterocycles. The molecular weight excluding hydrogens is 440 g/mol. The van der Waals surface area contributed by atoms with Gasteiger partial charge in [-0.1, -0.05) is 19.1 Å². The Kier molecular flexibility index (Phi) is 7.14. The summed E-state index contributed by atoms with van der Waals surface area (Å²) in [6.07, 6.45) is -4.85. The summed E-state index contributed by atoms with van der Waals surface area (Å²) in [6.45, 7) is 2.42. The van der Waals surface area contributed by atoms with Crippen LogP contribution in [0.3, 0.4) is 0 Å². The molecule has 1 unspecified atom stereocenters. The van der Waals surface area contributed by atoms with E-state index in [1.807, 2.05) is 0 Å². The highest BCUT2D eigenvalue weighted by atomic mass is 35.5. The second-order valence-electron chi connectivity index (χ2n) is 6.22. The summed E-state index contributed by atoms with van der Waals surface area (Å²) < 4.78 is 80.7. The van der Waals surface area contributed by atoms with Gasteiger partial charge in [-0.2, -0.15) is 17.5 Å². The van der Waals surface area contributed by atoms with Gasteiger partial charge in [0.25, 0.3) is 10.0 Å². The SMILES string of the molecule is CCN(C(c1ccc(F)cc1)C(F)(F)F)S(=O)(=O)c1ccc(C2CNC2)s1.Cl. The number of benzene rings is 1. The quantitative estimate of drug-likeness (QED) is 0.656. The lowest BCUT2D eigenvalue weighted by molar-refractivity contribution is -0.173. The average molecular weight is 459 g/mol. The zero-order valence-corrected chi connectivity index (χ0v) is 17.2. The number of nitrogens with one attached hydrogen (secondary N) is 1. The van der Waals surface area contributed by atoms with E-state index in [2.05, 4.69) is 5.32 Å². The van der Waals surface area contributed by atoms with Crippen molar-refractivity contribution in [2.45, 2.75) is 29.3 Å². The van der Waals surface area contributed by atoms with Crippen molar-refractivity contribution >= 4 is 33.8 Å². The summed E-state index contributed by atoms with van der Waals surface area (Å²) in [4.78, 5) is 0.828. The Morgan fingerprint density at radius 1 is 1.18 bits per heavy atom. The first-order valence-corrected chi connectivity index (χ1v) is 10.5. The van der Waals surface area contributed by atoms with Crippen molar-refractivity contribution < 1.29 is 26.0 Å². The van der Waals surface area contributed by atoms with E-state index in [1.165, 1.54) is 13.0 Å².